The van der Waals surface area contributed by atoms with Crippen LogP contribution in [-0.4, -0.2) is 40.9 Å². The number of benzene rings is 2. The Morgan fingerprint density at radius 1 is 1.04 bits per heavy atom. The topological polar surface area (TPSA) is 86.7 Å². The maximum Gasteiger partial charge on any atom is 0.312 e. The van der Waals surface area contributed by atoms with Crippen molar-refractivity contribution >= 4 is 17.8 Å². The summed E-state index contributed by atoms with van der Waals surface area (Å²) < 4.78 is 0. The molecule has 0 fully saturated rings. The second-order valence-electron chi connectivity index (χ2n) is 6.59. The second-order valence-corrected chi connectivity index (χ2v) is 6.59. The maximum atomic E-state index is 12.5. The van der Waals surface area contributed by atoms with Gasteiger partial charge in [0, 0.05) is 31.6 Å². The van der Waals surface area contributed by atoms with Crippen LogP contribution < -0.4 is 5.32 Å². The number of fused-ring (bicyclic) bond motifs is 1. The van der Waals surface area contributed by atoms with Crippen LogP contribution in [0.5, 0.6) is 0 Å². The van der Waals surface area contributed by atoms with E-state index in [9.17, 15) is 19.5 Å². The predicted octanol–water partition coefficient (Wildman–Crippen LogP) is 2.41. The van der Waals surface area contributed by atoms with E-state index >= 15 is 0 Å². The standard InChI is InChI=1S/C21H22N2O4/c24-19(11-6-12-22-20(25)15-7-2-1-3-8-15)23-13-16-9-4-5-10-17(16)18(14-23)21(26)27/h1-5,7-10,18H,6,11-14H2,(H,22,25)(H,26,27). The summed E-state index contributed by atoms with van der Waals surface area (Å²) in [4.78, 5) is 37.7. The van der Waals surface area contributed by atoms with E-state index in [1.165, 1.54) is 0 Å². The van der Waals surface area contributed by atoms with E-state index in [2.05, 4.69) is 5.32 Å². The number of carbonyl (C=O) groups is 3. The van der Waals surface area contributed by atoms with Gasteiger partial charge in [0.2, 0.25) is 5.91 Å². The molecule has 0 saturated carbocycles. The van der Waals surface area contributed by atoms with Crippen molar-refractivity contribution in [1.82, 2.24) is 10.2 Å². The SMILES string of the molecule is O=C(NCCCC(=O)N1Cc2ccccc2C(C(=O)O)C1)c1ccccc1. The Balaban J connectivity index is 1.51. The van der Waals surface area contributed by atoms with Crippen molar-refractivity contribution in [2.75, 3.05) is 13.1 Å². The molecule has 0 aliphatic carbocycles. The number of hydrogen-bond acceptors (Lipinski definition) is 3. The first kappa shape index (κ1) is 18.6. The molecule has 6 heteroatoms. The van der Waals surface area contributed by atoms with Gasteiger partial charge >= 0.3 is 5.97 Å². The number of aliphatic carboxylic acids is 1. The van der Waals surface area contributed by atoms with Gasteiger partial charge < -0.3 is 15.3 Å². The van der Waals surface area contributed by atoms with Gasteiger partial charge in [0.25, 0.3) is 5.91 Å². The number of carboxylic acids is 1. The summed E-state index contributed by atoms with van der Waals surface area (Å²) in [5, 5.41) is 12.3. The minimum atomic E-state index is -0.921. The lowest BCUT2D eigenvalue weighted by Gasteiger charge is -2.33. The number of hydrogen-bond donors (Lipinski definition) is 2. The Morgan fingerprint density at radius 2 is 1.74 bits per heavy atom. The maximum absolute atomic E-state index is 12.5. The van der Waals surface area contributed by atoms with Crippen LogP contribution in [0.3, 0.4) is 0 Å². The first-order chi connectivity index (χ1) is 13.1. The summed E-state index contributed by atoms with van der Waals surface area (Å²) in [7, 11) is 0. The van der Waals surface area contributed by atoms with E-state index in [4.69, 9.17) is 0 Å². The highest BCUT2D eigenvalue weighted by atomic mass is 16.4. The van der Waals surface area contributed by atoms with E-state index in [1.54, 1.807) is 29.2 Å². The smallest absolute Gasteiger partial charge is 0.312 e. The molecule has 0 spiro atoms. The van der Waals surface area contributed by atoms with Crippen LogP contribution in [0, 0.1) is 0 Å². The molecular formula is C21H22N2O4. The first-order valence-electron chi connectivity index (χ1n) is 8.98. The molecule has 1 aliphatic rings. The van der Waals surface area contributed by atoms with Crippen molar-refractivity contribution in [3.05, 3.63) is 71.3 Å². The van der Waals surface area contributed by atoms with E-state index in [0.29, 0.717) is 25.1 Å². The van der Waals surface area contributed by atoms with Crippen LogP contribution in [-0.2, 0) is 16.1 Å². The Kier molecular flexibility index (Phi) is 5.86. The van der Waals surface area contributed by atoms with Gasteiger partial charge in [-0.3, -0.25) is 14.4 Å². The van der Waals surface area contributed by atoms with Gasteiger partial charge in [-0.1, -0.05) is 42.5 Å². The van der Waals surface area contributed by atoms with Crippen molar-refractivity contribution < 1.29 is 19.5 Å². The third-order valence-corrected chi connectivity index (χ3v) is 4.73. The van der Waals surface area contributed by atoms with E-state index < -0.39 is 11.9 Å². The minimum absolute atomic E-state index is 0.0929. The van der Waals surface area contributed by atoms with Crippen LogP contribution >= 0.6 is 0 Å². The molecule has 0 saturated heterocycles. The summed E-state index contributed by atoms with van der Waals surface area (Å²) in [6.07, 6.45) is 0.775. The van der Waals surface area contributed by atoms with Crippen LogP contribution in [0.4, 0.5) is 0 Å². The quantitative estimate of drug-likeness (QED) is 0.769. The van der Waals surface area contributed by atoms with Crippen molar-refractivity contribution in [2.45, 2.75) is 25.3 Å². The Bertz CT molecular complexity index is 835. The molecule has 6 nitrogen and oxygen atoms in total. The number of carboxylic acid groups (broad SMARTS) is 1. The molecule has 3 rings (SSSR count). The number of carbonyl (C=O) groups excluding carboxylic acids is 2. The van der Waals surface area contributed by atoms with Crippen molar-refractivity contribution in [2.24, 2.45) is 0 Å². The molecule has 1 atom stereocenters. The highest BCUT2D eigenvalue weighted by Gasteiger charge is 2.31. The number of nitrogens with one attached hydrogen (secondary N) is 1. The fraction of sp³-hybridized carbons (Fsp3) is 0.286. The van der Waals surface area contributed by atoms with Gasteiger partial charge in [-0.05, 0) is 29.7 Å². The molecule has 27 heavy (non-hydrogen) atoms. The van der Waals surface area contributed by atoms with E-state index in [1.807, 2.05) is 30.3 Å². The zero-order chi connectivity index (χ0) is 19.2. The number of rotatable bonds is 6. The fourth-order valence-corrected chi connectivity index (χ4v) is 3.30. The zero-order valence-corrected chi connectivity index (χ0v) is 14.9. The molecule has 1 aliphatic heterocycles. The molecule has 1 heterocycles. The van der Waals surface area contributed by atoms with E-state index in [-0.39, 0.29) is 24.8 Å². The Labute approximate surface area is 157 Å². The van der Waals surface area contributed by atoms with Gasteiger partial charge in [-0.2, -0.15) is 0 Å². The van der Waals surface area contributed by atoms with Gasteiger partial charge in [0.15, 0.2) is 0 Å². The van der Waals surface area contributed by atoms with Crippen LogP contribution in [0.2, 0.25) is 0 Å². The summed E-state index contributed by atoms with van der Waals surface area (Å²) in [6.45, 7) is 1.00. The second kappa shape index (κ2) is 8.49. The first-order valence-corrected chi connectivity index (χ1v) is 8.98. The number of nitrogens with zero attached hydrogens (tertiary/aromatic N) is 1. The van der Waals surface area contributed by atoms with Crippen LogP contribution in [0.25, 0.3) is 0 Å². The lowest BCUT2D eigenvalue weighted by Crippen LogP contribution is -2.40. The highest BCUT2D eigenvalue weighted by Crippen LogP contribution is 2.28. The summed E-state index contributed by atoms with van der Waals surface area (Å²) in [6, 6.07) is 16.3. The molecule has 2 aromatic rings. The normalized spacial score (nSPS) is 15.7. The molecule has 0 aromatic heterocycles. The molecule has 0 radical (unpaired) electrons. The minimum Gasteiger partial charge on any atom is -0.481 e. The van der Waals surface area contributed by atoms with Crippen molar-refractivity contribution in [3.63, 3.8) is 0 Å². The monoisotopic (exact) mass is 366 g/mol. The largest absolute Gasteiger partial charge is 0.481 e. The zero-order valence-electron chi connectivity index (χ0n) is 14.9. The molecule has 2 aromatic carbocycles. The summed E-state index contributed by atoms with van der Waals surface area (Å²) >= 11 is 0. The van der Waals surface area contributed by atoms with Gasteiger partial charge in [0.1, 0.15) is 0 Å². The lowest BCUT2D eigenvalue weighted by atomic mass is 9.89. The molecular weight excluding hydrogens is 344 g/mol. The average molecular weight is 366 g/mol. The van der Waals surface area contributed by atoms with Gasteiger partial charge in [-0.25, -0.2) is 0 Å². The summed E-state index contributed by atoms with van der Waals surface area (Å²) in [5.74, 6) is -1.88. The predicted molar refractivity (Wildman–Crippen MR) is 100 cm³/mol. The molecule has 0 bridgehead atoms. The fourth-order valence-electron chi connectivity index (χ4n) is 3.30. The third kappa shape index (κ3) is 4.53. The average Bonchev–Trinajstić information content (AvgIpc) is 2.70. The van der Waals surface area contributed by atoms with Gasteiger partial charge in [0.05, 0.1) is 5.92 Å². The highest BCUT2D eigenvalue weighted by molar-refractivity contribution is 5.94. The Morgan fingerprint density at radius 3 is 2.48 bits per heavy atom. The molecule has 140 valence electrons. The lowest BCUT2D eigenvalue weighted by molar-refractivity contribution is -0.141. The van der Waals surface area contributed by atoms with Crippen molar-refractivity contribution in [3.8, 4) is 0 Å². The molecule has 1 unspecified atom stereocenters. The molecule has 2 N–H and O–H groups in total. The third-order valence-electron chi connectivity index (χ3n) is 4.73. The van der Waals surface area contributed by atoms with Crippen molar-refractivity contribution in [1.29, 1.82) is 0 Å². The number of amides is 2. The van der Waals surface area contributed by atoms with Crippen LogP contribution in [0.15, 0.2) is 54.6 Å². The van der Waals surface area contributed by atoms with E-state index in [0.717, 1.165) is 11.1 Å². The Hall–Kier alpha value is -3.15. The van der Waals surface area contributed by atoms with Crippen LogP contribution in [0.1, 0.15) is 40.2 Å². The van der Waals surface area contributed by atoms with Gasteiger partial charge in [-0.15, -0.1) is 0 Å². The molecule has 2 amide bonds. The summed E-state index contributed by atoms with van der Waals surface area (Å²) in [5.41, 5.74) is 2.24.